The molecule has 1 aliphatic heterocycles. The molecule has 2 atom stereocenters. The van der Waals surface area contributed by atoms with E-state index in [0.717, 1.165) is 10.3 Å². The summed E-state index contributed by atoms with van der Waals surface area (Å²) < 4.78 is 12.2. The Morgan fingerprint density at radius 2 is 1.79 bits per heavy atom. The predicted octanol–water partition coefficient (Wildman–Crippen LogP) is 2.43. The highest BCUT2D eigenvalue weighted by Crippen LogP contribution is 2.28. The summed E-state index contributed by atoms with van der Waals surface area (Å²) in [7, 11) is 1.44. The largest absolute Gasteiger partial charge is 0.624 e. The first-order chi connectivity index (χ1) is 8.96. The van der Waals surface area contributed by atoms with E-state index in [1.807, 2.05) is 56.3 Å². The van der Waals surface area contributed by atoms with Gasteiger partial charge in [0.1, 0.15) is 13.2 Å². The highest BCUT2D eigenvalue weighted by Gasteiger charge is 2.40. The maximum Gasteiger partial charge on any atom is 0.182 e. The van der Waals surface area contributed by atoms with Crippen molar-refractivity contribution in [3.8, 4) is 0 Å². The van der Waals surface area contributed by atoms with Gasteiger partial charge in [0.2, 0.25) is 0 Å². The van der Waals surface area contributed by atoms with Crippen LogP contribution in [0.3, 0.4) is 0 Å². The topological polar surface area (TPSA) is 44.5 Å². The second-order valence-electron chi connectivity index (χ2n) is 5.03. The normalized spacial score (nSPS) is 27.0. The molecular formula is C15H19NO3. The van der Waals surface area contributed by atoms with Crippen LogP contribution in [-0.4, -0.2) is 36.0 Å². The fraction of sp³-hybridized carbons (Fsp3) is 0.400. The first-order valence-corrected chi connectivity index (χ1v) is 6.30. The maximum atomic E-state index is 11.1. The summed E-state index contributed by atoms with van der Waals surface area (Å²) in [5.74, 6) is -0.678. The Balaban J connectivity index is 2.13. The third-order valence-electron chi connectivity index (χ3n) is 2.80. The molecule has 0 aliphatic carbocycles. The summed E-state index contributed by atoms with van der Waals surface area (Å²) in [6, 6.07) is 9.94. The van der Waals surface area contributed by atoms with Crippen molar-refractivity contribution >= 4 is 12.3 Å². The van der Waals surface area contributed by atoms with E-state index in [9.17, 15) is 5.21 Å². The van der Waals surface area contributed by atoms with Crippen LogP contribution in [0.5, 0.6) is 0 Å². The molecule has 1 aromatic carbocycles. The van der Waals surface area contributed by atoms with E-state index in [1.54, 1.807) is 0 Å². The van der Waals surface area contributed by atoms with Gasteiger partial charge in [-0.25, -0.2) is 4.74 Å². The Labute approximate surface area is 113 Å². The van der Waals surface area contributed by atoms with Gasteiger partial charge in [0.25, 0.3) is 0 Å². The highest BCUT2D eigenvalue weighted by atomic mass is 16.7. The summed E-state index contributed by atoms with van der Waals surface area (Å²) in [4.78, 5) is 0. The van der Waals surface area contributed by atoms with Crippen molar-refractivity contribution in [2.75, 3.05) is 7.05 Å². The molecule has 0 amide bonds. The minimum Gasteiger partial charge on any atom is -0.624 e. The van der Waals surface area contributed by atoms with Gasteiger partial charge in [-0.05, 0) is 19.4 Å². The van der Waals surface area contributed by atoms with Gasteiger partial charge in [-0.3, -0.25) is 0 Å². The quantitative estimate of drug-likeness (QED) is 0.363. The van der Waals surface area contributed by atoms with Crippen molar-refractivity contribution in [3.63, 3.8) is 0 Å². The SMILES string of the molecule is C/[N+]([O-])=C\[C@H]1OC(C)(C)O[C@H]1/C=C/c1ccccc1. The van der Waals surface area contributed by atoms with E-state index in [2.05, 4.69) is 0 Å². The second-order valence-corrected chi connectivity index (χ2v) is 5.03. The van der Waals surface area contributed by atoms with Crippen LogP contribution in [0.25, 0.3) is 6.08 Å². The minimum atomic E-state index is -0.678. The zero-order valence-electron chi connectivity index (χ0n) is 11.4. The van der Waals surface area contributed by atoms with Gasteiger partial charge >= 0.3 is 0 Å². The lowest BCUT2D eigenvalue weighted by Crippen LogP contribution is -2.25. The molecule has 102 valence electrons. The molecule has 0 radical (unpaired) electrons. The second kappa shape index (κ2) is 5.55. The Kier molecular flexibility index (Phi) is 4.02. The summed E-state index contributed by atoms with van der Waals surface area (Å²) in [6.45, 7) is 3.68. The lowest BCUT2D eigenvalue weighted by atomic mass is 10.1. The Morgan fingerprint density at radius 3 is 2.42 bits per heavy atom. The molecule has 0 unspecified atom stereocenters. The van der Waals surface area contributed by atoms with Crippen LogP contribution in [-0.2, 0) is 9.47 Å². The summed E-state index contributed by atoms with van der Waals surface area (Å²) in [5.41, 5.74) is 1.09. The first-order valence-electron chi connectivity index (χ1n) is 6.30. The number of ether oxygens (including phenoxy) is 2. The van der Waals surface area contributed by atoms with Gasteiger partial charge in [0.05, 0.1) is 0 Å². The molecule has 1 aliphatic rings. The molecule has 1 saturated heterocycles. The van der Waals surface area contributed by atoms with Gasteiger partial charge in [-0.1, -0.05) is 42.5 Å². The highest BCUT2D eigenvalue weighted by molar-refractivity contribution is 5.61. The van der Waals surface area contributed by atoms with E-state index < -0.39 is 5.79 Å². The lowest BCUT2D eigenvalue weighted by molar-refractivity contribution is -0.420. The van der Waals surface area contributed by atoms with Gasteiger partial charge in [-0.15, -0.1) is 0 Å². The molecule has 0 aromatic heterocycles. The number of hydrogen-bond donors (Lipinski definition) is 0. The molecule has 0 bridgehead atoms. The first kappa shape index (κ1) is 13.8. The third-order valence-corrected chi connectivity index (χ3v) is 2.80. The van der Waals surface area contributed by atoms with Crippen LogP contribution >= 0.6 is 0 Å². The van der Waals surface area contributed by atoms with Crippen molar-refractivity contribution in [2.45, 2.75) is 31.8 Å². The fourth-order valence-corrected chi connectivity index (χ4v) is 2.06. The molecule has 4 nitrogen and oxygen atoms in total. The van der Waals surface area contributed by atoms with E-state index in [-0.39, 0.29) is 12.2 Å². The van der Waals surface area contributed by atoms with Gasteiger partial charge < -0.3 is 14.7 Å². The maximum absolute atomic E-state index is 11.1. The number of nitrogens with zero attached hydrogens (tertiary/aromatic N) is 1. The molecule has 0 N–H and O–H groups in total. The molecule has 1 heterocycles. The molecule has 0 saturated carbocycles. The Bertz CT molecular complexity index is 475. The molecular weight excluding hydrogens is 242 g/mol. The molecule has 1 aromatic rings. The lowest BCUT2D eigenvalue weighted by Gasteiger charge is -2.15. The van der Waals surface area contributed by atoms with Crippen LogP contribution in [0.4, 0.5) is 0 Å². The van der Waals surface area contributed by atoms with Gasteiger partial charge in [0.15, 0.2) is 18.1 Å². The molecule has 4 heteroatoms. The average molecular weight is 261 g/mol. The average Bonchev–Trinajstić information content (AvgIpc) is 2.61. The fourth-order valence-electron chi connectivity index (χ4n) is 2.06. The summed E-state index contributed by atoms with van der Waals surface area (Å²) >= 11 is 0. The molecule has 0 spiro atoms. The van der Waals surface area contributed by atoms with Crippen LogP contribution in [0, 0.1) is 5.21 Å². The molecule has 19 heavy (non-hydrogen) atoms. The summed E-state index contributed by atoms with van der Waals surface area (Å²) in [5, 5.41) is 11.1. The number of hydroxylamine groups is 1. The Hall–Kier alpha value is -1.65. The standard InChI is InChI=1S/C15H19NO3/c1-15(2)18-13(14(19-15)11-16(3)17)10-9-12-7-5-4-6-8-12/h4-11,13-14H,1-3H3/b10-9+,16-11+/t13-,14+/m0/s1. The van der Waals surface area contributed by atoms with Crippen LogP contribution in [0.2, 0.25) is 0 Å². The number of benzene rings is 1. The minimum absolute atomic E-state index is 0.258. The Morgan fingerprint density at radius 1 is 1.16 bits per heavy atom. The van der Waals surface area contributed by atoms with Crippen molar-refractivity contribution in [1.82, 2.24) is 0 Å². The van der Waals surface area contributed by atoms with Crippen molar-refractivity contribution in [2.24, 2.45) is 0 Å². The van der Waals surface area contributed by atoms with Crippen molar-refractivity contribution in [1.29, 1.82) is 0 Å². The van der Waals surface area contributed by atoms with Crippen LogP contribution < -0.4 is 0 Å². The van der Waals surface area contributed by atoms with E-state index in [4.69, 9.17) is 9.47 Å². The predicted molar refractivity (Wildman–Crippen MR) is 74.9 cm³/mol. The zero-order chi connectivity index (χ0) is 13.9. The van der Waals surface area contributed by atoms with Gasteiger partial charge in [-0.2, -0.15) is 0 Å². The van der Waals surface area contributed by atoms with Crippen LogP contribution in [0.1, 0.15) is 19.4 Å². The summed E-state index contributed by atoms with van der Waals surface area (Å²) in [6.07, 6.45) is 4.76. The third kappa shape index (κ3) is 3.91. The monoisotopic (exact) mass is 261 g/mol. The van der Waals surface area contributed by atoms with Crippen molar-refractivity contribution < 1.29 is 14.2 Å². The van der Waals surface area contributed by atoms with E-state index >= 15 is 0 Å². The number of rotatable bonds is 3. The van der Waals surface area contributed by atoms with Gasteiger partial charge in [0, 0.05) is 0 Å². The molecule has 2 rings (SSSR count). The van der Waals surface area contributed by atoms with Crippen LogP contribution in [0.15, 0.2) is 36.4 Å². The zero-order valence-corrected chi connectivity index (χ0v) is 11.4. The van der Waals surface area contributed by atoms with E-state index in [1.165, 1.54) is 13.3 Å². The van der Waals surface area contributed by atoms with Crippen molar-refractivity contribution in [3.05, 3.63) is 47.2 Å². The molecule has 1 fully saturated rings. The number of hydrogen-bond acceptors (Lipinski definition) is 3. The smallest absolute Gasteiger partial charge is 0.182 e. The van der Waals surface area contributed by atoms with E-state index in [0.29, 0.717) is 0 Å².